The number of hydrogen-bond donors (Lipinski definition) is 0. The number of ether oxygens (including phenoxy) is 6. The van der Waals surface area contributed by atoms with Gasteiger partial charge >= 0.3 is 5.97 Å². The van der Waals surface area contributed by atoms with Crippen molar-refractivity contribution in [2.24, 2.45) is 0 Å². The fourth-order valence-corrected chi connectivity index (χ4v) is 6.26. The van der Waals surface area contributed by atoms with Crippen LogP contribution in [0.2, 0.25) is 0 Å². The summed E-state index contributed by atoms with van der Waals surface area (Å²) in [6.07, 6.45) is 7.79. The number of hydrogen-bond acceptors (Lipinski definition) is 7. The minimum Gasteiger partial charge on any atom is -0.497 e. The lowest BCUT2D eigenvalue weighted by molar-refractivity contribution is -0.000430. The van der Waals surface area contributed by atoms with Gasteiger partial charge in [-0.15, -0.1) is 0 Å². The van der Waals surface area contributed by atoms with Crippen molar-refractivity contribution in [3.8, 4) is 23.0 Å². The maximum atomic E-state index is 11.9. The highest BCUT2D eigenvalue weighted by Gasteiger charge is 2.38. The number of esters is 1. The quantitative estimate of drug-likeness (QED) is 0.0688. The Bertz CT molecular complexity index is 2000. The van der Waals surface area contributed by atoms with Gasteiger partial charge < -0.3 is 28.4 Å². The predicted molar refractivity (Wildman–Crippen MR) is 212 cm³/mol. The average Bonchev–Trinajstić information content (AvgIpc) is 3.20. The summed E-state index contributed by atoms with van der Waals surface area (Å²) in [6.45, 7) is 6.86. The van der Waals surface area contributed by atoms with Crippen molar-refractivity contribution in [2.45, 2.75) is 32.3 Å². The molecular formula is C45H43BrO7. The standard InChI is InChI=1S/C45H43BrO7/c1-6-10-36(11-7-2)45(37-16-20-39(48-3)21-17-37,38-18-22-40(49-4)23-19-38)53-30-33-13-9-15-41(27-33)52-31-35-28-42(24-25-43(35)46)51-29-32-12-8-14-34(26-32)44(47)50-5/h6-28H,1,29-31H2,2-5H3/b11-7-,36-10+. The molecule has 0 aromatic heterocycles. The number of carbonyl (C=O) groups excluding carboxylic acids is 1. The summed E-state index contributed by atoms with van der Waals surface area (Å²) < 4.78 is 36.2. The van der Waals surface area contributed by atoms with Crippen LogP contribution in [0.25, 0.3) is 0 Å². The summed E-state index contributed by atoms with van der Waals surface area (Å²) in [6, 6.07) is 36.7. The second kappa shape index (κ2) is 18.8. The van der Waals surface area contributed by atoms with Crippen LogP contribution >= 0.6 is 15.9 Å². The molecule has 0 bridgehead atoms. The highest BCUT2D eigenvalue weighted by molar-refractivity contribution is 9.10. The number of benzene rings is 5. The molecule has 0 unspecified atom stereocenters. The molecule has 5 aromatic rings. The van der Waals surface area contributed by atoms with Crippen molar-refractivity contribution in [3.63, 3.8) is 0 Å². The molecular weight excluding hydrogens is 732 g/mol. The summed E-state index contributed by atoms with van der Waals surface area (Å²) in [5.74, 6) is 2.48. The van der Waals surface area contributed by atoms with E-state index in [0.29, 0.717) is 30.3 Å². The summed E-state index contributed by atoms with van der Waals surface area (Å²) in [5, 5.41) is 0. The zero-order chi connectivity index (χ0) is 37.6. The molecule has 272 valence electrons. The van der Waals surface area contributed by atoms with Crippen molar-refractivity contribution in [3.05, 3.63) is 190 Å². The Kier molecular flexibility index (Phi) is 13.7. The first kappa shape index (κ1) is 38.7. The fraction of sp³-hybridized carbons (Fsp3) is 0.178. The molecule has 0 amide bonds. The largest absolute Gasteiger partial charge is 0.497 e. The first-order valence-corrected chi connectivity index (χ1v) is 17.8. The van der Waals surface area contributed by atoms with Crippen LogP contribution in [0.3, 0.4) is 0 Å². The van der Waals surface area contributed by atoms with Crippen LogP contribution in [0.1, 0.15) is 45.1 Å². The predicted octanol–water partition coefficient (Wildman–Crippen LogP) is 10.6. The SMILES string of the molecule is C=C/C=C(\C=C/C)C(OCc1cccc(OCc2cc(OCc3cccc(C(=O)OC)c3)ccc2Br)c1)(c1ccc(OC)cc1)c1ccc(OC)cc1. The zero-order valence-electron chi connectivity index (χ0n) is 30.3. The molecule has 0 fully saturated rings. The molecule has 53 heavy (non-hydrogen) atoms. The summed E-state index contributed by atoms with van der Waals surface area (Å²) in [5.41, 5.74) is 4.91. The minimum absolute atomic E-state index is 0.269. The van der Waals surface area contributed by atoms with E-state index in [-0.39, 0.29) is 12.6 Å². The van der Waals surface area contributed by atoms with E-state index in [0.717, 1.165) is 49.4 Å². The third-order valence-corrected chi connectivity index (χ3v) is 9.34. The van der Waals surface area contributed by atoms with E-state index in [1.807, 2.05) is 128 Å². The minimum atomic E-state index is -1.01. The summed E-state index contributed by atoms with van der Waals surface area (Å²) in [7, 11) is 4.67. The van der Waals surface area contributed by atoms with Gasteiger partial charge in [-0.1, -0.05) is 95.3 Å². The Morgan fingerprint density at radius 1 is 0.698 bits per heavy atom. The molecule has 0 aliphatic heterocycles. The van der Waals surface area contributed by atoms with Gasteiger partial charge in [0.25, 0.3) is 0 Å². The number of methoxy groups -OCH3 is 3. The summed E-state index contributed by atoms with van der Waals surface area (Å²) in [4.78, 5) is 11.9. The van der Waals surface area contributed by atoms with Crippen molar-refractivity contribution >= 4 is 21.9 Å². The zero-order valence-corrected chi connectivity index (χ0v) is 31.9. The van der Waals surface area contributed by atoms with Gasteiger partial charge in [-0.3, -0.25) is 0 Å². The van der Waals surface area contributed by atoms with Crippen LogP contribution in [0.4, 0.5) is 0 Å². The molecule has 0 aliphatic rings. The maximum absolute atomic E-state index is 11.9. The monoisotopic (exact) mass is 774 g/mol. The number of carbonyl (C=O) groups is 1. The van der Waals surface area contributed by atoms with Gasteiger partial charge in [-0.25, -0.2) is 4.79 Å². The number of rotatable bonds is 17. The lowest BCUT2D eigenvalue weighted by Gasteiger charge is -2.37. The van der Waals surface area contributed by atoms with Gasteiger partial charge in [0, 0.05) is 10.0 Å². The molecule has 5 rings (SSSR count). The highest BCUT2D eigenvalue weighted by atomic mass is 79.9. The lowest BCUT2D eigenvalue weighted by atomic mass is 9.79. The van der Waals surface area contributed by atoms with Crippen LogP contribution in [0.5, 0.6) is 23.0 Å². The maximum Gasteiger partial charge on any atom is 0.337 e. The third-order valence-electron chi connectivity index (χ3n) is 8.56. The van der Waals surface area contributed by atoms with Crippen LogP contribution < -0.4 is 18.9 Å². The van der Waals surface area contributed by atoms with Crippen molar-refractivity contribution < 1.29 is 33.2 Å². The van der Waals surface area contributed by atoms with E-state index in [4.69, 9.17) is 28.4 Å². The Hall–Kier alpha value is -5.57. The summed E-state index contributed by atoms with van der Waals surface area (Å²) >= 11 is 3.66. The molecule has 0 aliphatic carbocycles. The van der Waals surface area contributed by atoms with Crippen molar-refractivity contribution in [2.75, 3.05) is 21.3 Å². The van der Waals surface area contributed by atoms with Gasteiger partial charge in [-0.05, 0) is 101 Å². The van der Waals surface area contributed by atoms with Crippen LogP contribution in [0, 0.1) is 0 Å². The molecule has 7 nitrogen and oxygen atoms in total. The van der Waals surface area contributed by atoms with Gasteiger partial charge in [-0.2, -0.15) is 0 Å². The van der Waals surface area contributed by atoms with Crippen molar-refractivity contribution in [1.82, 2.24) is 0 Å². The highest BCUT2D eigenvalue weighted by Crippen LogP contribution is 2.43. The van der Waals surface area contributed by atoms with Gasteiger partial charge in [0.1, 0.15) is 41.8 Å². The second-order valence-electron chi connectivity index (χ2n) is 12.0. The fourth-order valence-electron chi connectivity index (χ4n) is 5.90. The molecule has 0 saturated carbocycles. The van der Waals surface area contributed by atoms with E-state index in [9.17, 15) is 4.79 Å². The molecule has 0 saturated heterocycles. The molecule has 0 radical (unpaired) electrons. The topological polar surface area (TPSA) is 72.5 Å². The molecule has 0 spiro atoms. The average molecular weight is 776 g/mol. The van der Waals surface area contributed by atoms with Crippen LogP contribution in [-0.2, 0) is 34.9 Å². The smallest absolute Gasteiger partial charge is 0.337 e. The lowest BCUT2D eigenvalue weighted by Crippen LogP contribution is -2.33. The van der Waals surface area contributed by atoms with Gasteiger partial charge in [0.05, 0.1) is 33.5 Å². The first-order valence-electron chi connectivity index (χ1n) is 17.0. The third kappa shape index (κ3) is 9.66. The second-order valence-corrected chi connectivity index (χ2v) is 12.8. The van der Waals surface area contributed by atoms with E-state index in [1.54, 1.807) is 32.4 Å². The van der Waals surface area contributed by atoms with Gasteiger partial charge in [0.2, 0.25) is 0 Å². The Balaban J connectivity index is 1.38. The first-order chi connectivity index (χ1) is 25.8. The Morgan fingerprint density at radius 3 is 1.89 bits per heavy atom. The Morgan fingerprint density at radius 2 is 1.28 bits per heavy atom. The van der Waals surface area contributed by atoms with E-state index >= 15 is 0 Å². The van der Waals surface area contributed by atoms with Crippen LogP contribution in [-0.4, -0.2) is 27.3 Å². The van der Waals surface area contributed by atoms with Gasteiger partial charge in [0.15, 0.2) is 0 Å². The normalized spacial score (nSPS) is 11.6. The number of halogens is 1. The molecule has 8 heteroatoms. The molecule has 0 heterocycles. The van der Waals surface area contributed by atoms with E-state index in [1.165, 1.54) is 7.11 Å². The van der Waals surface area contributed by atoms with Crippen LogP contribution in [0.15, 0.2) is 156 Å². The Labute approximate surface area is 320 Å². The van der Waals surface area contributed by atoms with Crippen molar-refractivity contribution in [1.29, 1.82) is 0 Å². The number of allylic oxidation sites excluding steroid dienone is 3. The molecule has 5 aromatic carbocycles. The molecule has 0 atom stereocenters. The van der Waals surface area contributed by atoms with E-state index < -0.39 is 5.60 Å². The van der Waals surface area contributed by atoms with E-state index in [2.05, 4.69) is 22.5 Å². The molecule has 0 N–H and O–H groups in total.